The molecule has 436 valence electrons. The van der Waals surface area contributed by atoms with E-state index in [4.69, 9.17) is 37.9 Å². The second-order valence-corrected chi connectivity index (χ2v) is 25.5. The van der Waals surface area contributed by atoms with Crippen molar-refractivity contribution in [2.45, 2.75) is 235 Å². The topological polar surface area (TPSA) is 374 Å². The highest BCUT2D eigenvalue weighted by molar-refractivity contribution is 5.79. The van der Waals surface area contributed by atoms with Gasteiger partial charge in [0.1, 0.15) is 91.6 Å². The molecule has 0 spiro atoms. The maximum absolute atomic E-state index is 15.1. The van der Waals surface area contributed by atoms with E-state index in [0.29, 0.717) is 38.5 Å². The Hall–Kier alpha value is -1.63. The lowest BCUT2D eigenvalue weighted by molar-refractivity contribution is -0.357. The Labute approximate surface area is 442 Å². The van der Waals surface area contributed by atoms with Gasteiger partial charge in [-0.1, -0.05) is 53.2 Å². The molecular formula is C53H86O23. The summed E-state index contributed by atoms with van der Waals surface area (Å²) in [5, 5.41) is 150. The van der Waals surface area contributed by atoms with Crippen LogP contribution in [0.1, 0.15) is 106 Å². The summed E-state index contributed by atoms with van der Waals surface area (Å²) in [4.78, 5) is 15.1. The average molecular weight is 1090 g/mol. The standard InChI is InChI=1S/C53H86O23/c1-22-10-15-53(47(67)76-46-39(65)36(62)33(59)27(73-46)21-70-43-37(63)34(60)31(57)25(18-54)71-43)17-16-50(5)23(42(53)52(22,7)68)8-9-29-49(4)13-12-30(48(2,3)28(49)11-14-51(29,50)6)74-44-40(66)41(24(56)20-69-44)75-45-38(64)35(61)32(58)26(19-55)72-45/h8,22,24-46,54-66,68H,9-21H2,1-7H3. The lowest BCUT2D eigenvalue weighted by Crippen LogP contribution is -2.68. The fourth-order valence-electron chi connectivity index (χ4n) is 16.4. The Bertz CT molecular complexity index is 2090. The molecule has 0 aromatic heterocycles. The molecule has 4 saturated heterocycles. The molecular weight excluding hydrogens is 1000 g/mol. The van der Waals surface area contributed by atoms with Crippen LogP contribution in [-0.4, -0.2) is 232 Å². The molecule has 4 aliphatic heterocycles. The van der Waals surface area contributed by atoms with Crippen LogP contribution in [0.3, 0.4) is 0 Å². The van der Waals surface area contributed by atoms with Crippen molar-refractivity contribution < 1.29 is 114 Å². The van der Waals surface area contributed by atoms with Gasteiger partial charge in [-0.15, -0.1) is 0 Å². The normalized spacial score (nSPS) is 55.2. The molecule has 4 saturated carbocycles. The minimum absolute atomic E-state index is 0.126. The van der Waals surface area contributed by atoms with Crippen LogP contribution in [0.15, 0.2) is 11.6 Å². The van der Waals surface area contributed by atoms with Crippen LogP contribution in [0.2, 0.25) is 0 Å². The number of allylic oxidation sites excluding steroid dienone is 1. The van der Waals surface area contributed by atoms with Gasteiger partial charge in [-0.05, 0) is 104 Å². The van der Waals surface area contributed by atoms with E-state index in [1.54, 1.807) is 6.92 Å². The zero-order chi connectivity index (χ0) is 55.6. The number of ether oxygens (including phenoxy) is 8. The van der Waals surface area contributed by atoms with Crippen molar-refractivity contribution in [1.29, 1.82) is 0 Å². The van der Waals surface area contributed by atoms with E-state index in [1.807, 2.05) is 6.92 Å². The largest absolute Gasteiger partial charge is 0.432 e. The number of fused-ring (bicyclic) bond motifs is 7. The second kappa shape index (κ2) is 21.3. The van der Waals surface area contributed by atoms with E-state index < -0.39 is 176 Å². The molecule has 0 aromatic rings. The van der Waals surface area contributed by atoms with E-state index in [-0.39, 0.29) is 35.2 Å². The summed E-state index contributed by atoms with van der Waals surface area (Å²) in [5.74, 6) is -1.39. The molecule has 23 heteroatoms. The summed E-state index contributed by atoms with van der Waals surface area (Å²) in [7, 11) is 0. The quantitative estimate of drug-likeness (QED) is 0.0581. The number of aliphatic hydroxyl groups is 14. The van der Waals surface area contributed by atoms with Gasteiger partial charge >= 0.3 is 5.97 Å². The van der Waals surface area contributed by atoms with Crippen LogP contribution in [0.5, 0.6) is 0 Å². The van der Waals surface area contributed by atoms with Crippen LogP contribution in [0, 0.1) is 50.7 Å². The van der Waals surface area contributed by atoms with E-state index in [1.165, 1.54) is 0 Å². The summed E-state index contributed by atoms with van der Waals surface area (Å²) in [6, 6.07) is 0. The van der Waals surface area contributed by atoms with E-state index in [2.05, 4.69) is 40.7 Å². The first-order chi connectivity index (χ1) is 35.5. The van der Waals surface area contributed by atoms with Crippen molar-refractivity contribution in [1.82, 2.24) is 0 Å². The van der Waals surface area contributed by atoms with Crippen molar-refractivity contribution in [3.8, 4) is 0 Å². The van der Waals surface area contributed by atoms with Gasteiger partial charge in [0.25, 0.3) is 0 Å². The SMILES string of the molecule is CC1CCC2(C(=O)OC3OC(COC4OC(CO)C(O)C(O)C4O)C(O)C(O)C3O)CCC3(C)C(=CCC4C5(C)CCC(OC6OCC(O)C(OC7OC(CO)C(O)C(O)C7O)C6O)C(C)(C)C5CCC43C)C2C1(C)O. The molecule has 8 fully saturated rings. The number of carbonyl (C=O) groups excluding carboxylic acids is 1. The van der Waals surface area contributed by atoms with Crippen LogP contribution < -0.4 is 0 Å². The highest BCUT2D eigenvalue weighted by Gasteiger charge is 2.72. The highest BCUT2D eigenvalue weighted by Crippen LogP contribution is 2.76. The summed E-state index contributed by atoms with van der Waals surface area (Å²) >= 11 is 0. The predicted molar refractivity (Wildman–Crippen MR) is 258 cm³/mol. The minimum atomic E-state index is -1.90. The maximum atomic E-state index is 15.1. The van der Waals surface area contributed by atoms with Crippen molar-refractivity contribution >= 4 is 5.97 Å². The van der Waals surface area contributed by atoms with Gasteiger partial charge in [0.15, 0.2) is 18.9 Å². The van der Waals surface area contributed by atoms with Gasteiger partial charge in [0, 0.05) is 5.92 Å². The zero-order valence-electron chi connectivity index (χ0n) is 44.6. The Balaban J connectivity index is 0.918. The Morgan fingerprint density at radius 1 is 0.618 bits per heavy atom. The molecule has 9 aliphatic rings. The number of rotatable bonds is 11. The lowest BCUT2D eigenvalue weighted by atomic mass is 9.33. The summed E-state index contributed by atoms with van der Waals surface area (Å²) in [5.41, 5.74) is -3.20. The van der Waals surface area contributed by atoms with Gasteiger partial charge in [0.05, 0.1) is 43.5 Å². The van der Waals surface area contributed by atoms with Crippen molar-refractivity contribution in [2.75, 3.05) is 26.4 Å². The smallest absolute Gasteiger partial charge is 0.315 e. The maximum Gasteiger partial charge on any atom is 0.315 e. The van der Waals surface area contributed by atoms with Crippen LogP contribution in [0.25, 0.3) is 0 Å². The Morgan fingerprint density at radius 3 is 1.83 bits per heavy atom. The van der Waals surface area contributed by atoms with E-state index in [0.717, 1.165) is 24.8 Å². The number of carbonyl (C=O) groups is 1. The van der Waals surface area contributed by atoms with Crippen LogP contribution in [-0.2, 0) is 42.7 Å². The van der Waals surface area contributed by atoms with Gasteiger partial charge < -0.3 is 109 Å². The first kappa shape index (κ1) is 59.0. The predicted octanol–water partition coefficient (Wildman–Crippen LogP) is -2.43. The lowest BCUT2D eigenvalue weighted by Gasteiger charge is -2.72. The number of aliphatic hydroxyl groups excluding tert-OH is 13. The van der Waals surface area contributed by atoms with Gasteiger partial charge in [-0.25, -0.2) is 0 Å². The second-order valence-electron chi connectivity index (χ2n) is 25.5. The fourth-order valence-corrected chi connectivity index (χ4v) is 16.4. The van der Waals surface area contributed by atoms with Crippen LogP contribution >= 0.6 is 0 Å². The molecule has 9 rings (SSSR count). The summed E-state index contributed by atoms with van der Waals surface area (Å²) < 4.78 is 47.0. The first-order valence-electron chi connectivity index (χ1n) is 27.4. The van der Waals surface area contributed by atoms with E-state index in [9.17, 15) is 71.5 Å². The highest BCUT2D eigenvalue weighted by atomic mass is 16.8. The zero-order valence-corrected chi connectivity index (χ0v) is 44.6. The molecule has 14 N–H and O–H groups in total. The third-order valence-corrected chi connectivity index (χ3v) is 21.4. The third-order valence-electron chi connectivity index (χ3n) is 21.4. The van der Waals surface area contributed by atoms with Crippen molar-refractivity contribution in [3.05, 3.63) is 11.6 Å². The molecule has 29 atom stereocenters. The number of esters is 1. The first-order valence-corrected chi connectivity index (χ1v) is 27.4. The molecule has 0 aromatic carbocycles. The summed E-state index contributed by atoms with van der Waals surface area (Å²) in [6.07, 6.45) is -23.2. The number of hydrogen-bond acceptors (Lipinski definition) is 23. The average Bonchev–Trinajstić information content (AvgIpc) is 3.37. The van der Waals surface area contributed by atoms with Gasteiger partial charge in [0.2, 0.25) is 6.29 Å². The van der Waals surface area contributed by atoms with Crippen molar-refractivity contribution in [2.24, 2.45) is 50.7 Å². The molecule has 76 heavy (non-hydrogen) atoms. The van der Waals surface area contributed by atoms with Crippen molar-refractivity contribution in [3.63, 3.8) is 0 Å². The van der Waals surface area contributed by atoms with Gasteiger partial charge in [-0.2, -0.15) is 0 Å². The monoisotopic (exact) mass is 1090 g/mol. The summed E-state index contributed by atoms with van der Waals surface area (Å²) in [6.45, 7) is 12.8. The molecule has 5 aliphatic carbocycles. The van der Waals surface area contributed by atoms with Crippen LogP contribution in [0.4, 0.5) is 0 Å². The fraction of sp³-hybridized carbons (Fsp3) is 0.943. The Kier molecular flexibility index (Phi) is 16.5. The third kappa shape index (κ3) is 9.27. The molecule has 0 bridgehead atoms. The molecule has 0 radical (unpaired) electrons. The Morgan fingerprint density at radius 2 is 1.20 bits per heavy atom. The molecule has 23 nitrogen and oxygen atoms in total. The molecule has 29 unspecified atom stereocenters. The minimum Gasteiger partial charge on any atom is -0.432 e. The molecule has 0 amide bonds. The van der Waals surface area contributed by atoms with E-state index >= 15 is 4.79 Å². The van der Waals surface area contributed by atoms with Gasteiger partial charge in [-0.3, -0.25) is 4.79 Å². The number of hydrogen-bond donors (Lipinski definition) is 14. The molecule has 4 heterocycles.